The number of halogens is 1. The average Bonchev–Trinajstić information content (AvgIpc) is 2.67. The number of nitrogens with one attached hydrogen (secondary N) is 1. The molecule has 1 aromatic heterocycles. The van der Waals surface area contributed by atoms with Crippen LogP contribution in [0.3, 0.4) is 0 Å². The van der Waals surface area contributed by atoms with E-state index in [4.69, 9.17) is 16.3 Å². The number of nitrogens with zero attached hydrogens (tertiary/aromatic N) is 1. The zero-order valence-corrected chi connectivity index (χ0v) is 15.2. The van der Waals surface area contributed by atoms with Gasteiger partial charge in [-0.25, -0.2) is 9.78 Å². The molecule has 0 unspecified atom stereocenters. The lowest BCUT2D eigenvalue weighted by molar-refractivity contribution is 0.0601. The van der Waals surface area contributed by atoms with Gasteiger partial charge in [-0.2, -0.15) is 0 Å². The van der Waals surface area contributed by atoms with Crippen LogP contribution in [0.1, 0.15) is 21.7 Å². The first-order chi connectivity index (χ1) is 12.9. The molecule has 0 bridgehead atoms. The Morgan fingerprint density at radius 3 is 2.67 bits per heavy atom. The summed E-state index contributed by atoms with van der Waals surface area (Å²) < 4.78 is 9.67. The van der Waals surface area contributed by atoms with Crippen LogP contribution < -0.4 is 10.3 Å². The average molecular weight is 387 g/mol. The molecule has 3 rings (SSSR count). The van der Waals surface area contributed by atoms with Crippen LogP contribution in [0.25, 0.3) is 22.0 Å². The number of fused-ring (bicyclic) bond motifs is 1. The van der Waals surface area contributed by atoms with E-state index in [1.54, 1.807) is 12.1 Å². The number of H-pyrrole nitrogens is 1. The number of carbonyl (C=O) groups excluding carboxylic acids is 1. The lowest BCUT2D eigenvalue weighted by Crippen LogP contribution is -2.11. The molecule has 3 aromatic rings. The highest BCUT2D eigenvalue weighted by atomic mass is 35.5. The quantitative estimate of drug-likeness (QED) is 0.668. The van der Waals surface area contributed by atoms with E-state index >= 15 is 0 Å². The van der Waals surface area contributed by atoms with Crippen LogP contribution in [0.2, 0.25) is 0 Å². The molecule has 0 amide bonds. The maximum absolute atomic E-state index is 12.3. The van der Waals surface area contributed by atoms with Crippen molar-refractivity contribution in [3.63, 3.8) is 0 Å². The largest absolute Gasteiger partial charge is 0.504 e. The SMILES string of the molecule is COC(=O)c1ccc2c(=O)[nH]c(/C(Cl)=C/c3ccc(OC)c(O)c3)nc2c1. The lowest BCUT2D eigenvalue weighted by Gasteiger charge is -2.06. The maximum Gasteiger partial charge on any atom is 0.337 e. The van der Waals surface area contributed by atoms with E-state index in [-0.39, 0.29) is 22.2 Å². The number of rotatable bonds is 4. The van der Waals surface area contributed by atoms with E-state index in [0.29, 0.717) is 22.2 Å². The smallest absolute Gasteiger partial charge is 0.337 e. The summed E-state index contributed by atoms with van der Waals surface area (Å²) in [6, 6.07) is 9.19. The molecule has 0 spiro atoms. The number of aromatic hydroxyl groups is 1. The van der Waals surface area contributed by atoms with Crippen molar-refractivity contribution < 1.29 is 19.4 Å². The number of methoxy groups -OCH3 is 2. The molecule has 8 heteroatoms. The minimum Gasteiger partial charge on any atom is -0.504 e. The Morgan fingerprint density at radius 2 is 2.00 bits per heavy atom. The monoisotopic (exact) mass is 386 g/mol. The van der Waals surface area contributed by atoms with E-state index in [9.17, 15) is 14.7 Å². The minimum absolute atomic E-state index is 0.0431. The van der Waals surface area contributed by atoms with Gasteiger partial charge in [0.1, 0.15) is 0 Å². The molecule has 0 radical (unpaired) electrons. The highest BCUT2D eigenvalue weighted by Crippen LogP contribution is 2.28. The van der Waals surface area contributed by atoms with Gasteiger partial charge in [0.05, 0.1) is 35.7 Å². The fraction of sp³-hybridized carbons (Fsp3) is 0.105. The molecular weight excluding hydrogens is 372 g/mol. The molecule has 0 aliphatic carbocycles. The predicted octanol–water partition coefficient (Wildman–Crippen LogP) is 3.16. The number of carbonyl (C=O) groups is 1. The van der Waals surface area contributed by atoms with Gasteiger partial charge in [-0.3, -0.25) is 4.79 Å². The number of phenols is 1. The Kier molecular flexibility index (Phi) is 5.14. The van der Waals surface area contributed by atoms with Crippen LogP contribution >= 0.6 is 11.6 Å². The van der Waals surface area contributed by atoms with Crippen LogP contribution in [-0.2, 0) is 4.74 Å². The second-order valence-corrected chi connectivity index (χ2v) is 5.97. The van der Waals surface area contributed by atoms with Crippen molar-refractivity contribution in [1.29, 1.82) is 0 Å². The zero-order chi connectivity index (χ0) is 19.6. The normalized spacial score (nSPS) is 11.4. The summed E-state index contributed by atoms with van der Waals surface area (Å²) in [7, 11) is 2.72. The Bertz CT molecular complexity index is 1120. The van der Waals surface area contributed by atoms with Gasteiger partial charge in [-0.1, -0.05) is 17.7 Å². The Morgan fingerprint density at radius 1 is 1.22 bits per heavy atom. The van der Waals surface area contributed by atoms with Crippen molar-refractivity contribution in [3.8, 4) is 11.5 Å². The number of esters is 1. The third-order valence-electron chi connectivity index (χ3n) is 3.85. The summed E-state index contributed by atoms with van der Waals surface area (Å²) in [4.78, 5) is 30.9. The summed E-state index contributed by atoms with van der Waals surface area (Å²) in [6.45, 7) is 0. The second-order valence-electron chi connectivity index (χ2n) is 5.56. The van der Waals surface area contributed by atoms with Crippen LogP contribution in [-0.4, -0.2) is 35.3 Å². The Balaban J connectivity index is 2.06. The second kappa shape index (κ2) is 7.51. The Hall–Kier alpha value is -3.32. The van der Waals surface area contributed by atoms with Gasteiger partial charge in [0, 0.05) is 0 Å². The van der Waals surface area contributed by atoms with Gasteiger partial charge in [0.25, 0.3) is 5.56 Å². The van der Waals surface area contributed by atoms with E-state index in [2.05, 4.69) is 14.7 Å². The fourth-order valence-electron chi connectivity index (χ4n) is 2.51. The maximum atomic E-state index is 12.3. The van der Waals surface area contributed by atoms with Crippen LogP contribution in [0.15, 0.2) is 41.2 Å². The summed E-state index contributed by atoms with van der Waals surface area (Å²) >= 11 is 6.29. The number of aromatic amines is 1. The first-order valence-corrected chi connectivity index (χ1v) is 8.17. The summed E-state index contributed by atoms with van der Waals surface area (Å²) in [5.41, 5.74) is 0.773. The molecule has 7 nitrogen and oxygen atoms in total. The van der Waals surface area contributed by atoms with Gasteiger partial charge >= 0.3 is 5.97 Å². The van der Waals surface area contributed by atoms with Crippen molar-refractivity contribution in [2.45, 2.75) is 0 Å². The van der Waals surface area contributed by atoms with E-state index in [1.807, 2.05) is 0 Å². The predicted molar refractivity (Wildman–Crippen MR) is 102 cm³/mol. The highest BCUT2D eigenvalue weighted by molar-refractivity contribution is 6.50. The topological polar surface area (TPSA) is 102 Å². The van der Waals surface area contributed by atoms with Crippen molar-refractivity contribution in [2.75, 3.05) is 14.2 Å². The molecule has 0 atom stereocenters. The standard InChI is InChI=1S/C19H15ClN2O5/c1-26-16-6-3-10(8-15(16)23)7-13(20)17-21-14-9-11(19(25)27-2)4-5-12(14)18(24)22-17/h3-9,23H,1-2H3,(H,21,22,24)/b13-7-. The van der Waals surface area contributed by atoms with Gasteiger partial charge in [0.15, 0.2) is 17.3 Å². The summed E-state index contributed by atoms with van der Waals surface area (Å²) in [5, 5.41) is 10.3. The number of phenolic OH excluding ortho intramolecular Hbond substituents is 1. The van der Waals surface area contributed by atoms with Gasteiger partial charge in [-0.15, -0.1) is 0 Å². The number of hydrogen-bond donors (Lipinski definition) is 2. The van der Waals surface area contributed by atoms with Crippen molar-refractivity contribution in [2.24, 2.45) is 0 Å². The van der Waals surface area contributed by atoms with Crippen LogP contribution in [0, 0.1) is 0 Å². The molecule has 0 fully saturated rings. The molecule has 1 heterocycles. The first-order valence-electron chi connectivity index (χ1n) is 7.80. The Labute approximate surface area is 158 Å². The fourth-order valence-corrected chi connectivity index (χ4v) is 2.72. The molecule has 2 N–H and O–H groups in total. The molecule has 0 aliphatic heterocycles. The lowest BCUT2D eigenvalue weighted by atomic mass is 10.1. The molecule has 0 aliphatic rings. The first kappa shape index (κ1) is 18.5. The molecule has 27 heavy (non-hydrogen) atoms. The van der Waals surface area contributed by atoms with Crippen LogP contribution in [0.4, 0.5) is 0 Å². The summed E-state index contributed by atoms with van der Waals surface area (Å²) in [5.74, 6) is -0.114. The van der Waals surface area contributed by atoms with Gasteiger partial charge in [-0.05, 0) is 42.0 Å². The molecule has 2 aromatic carbocycles. The van der Waals surface area contributed by atoms with E-state index in [1.165, 1.54) is 44.6 Å². The van der Waals surface area contributed by atoms with Crippen LogP contribution in [0.5, 0.6) is 11.5 Å². The van der Waals surface area contributed by atoms with E-state index < -0.39 is 11.5 Å². The third kappa shape index (κ3) is 3.78. The molecular formula is C19H15ClN2O5. The van der Waals surface area contributed by atoms with Crippen molar-refractivity contribution in [1.82, 2.24) is 9.97 Å². The van der Waals surface area contributed by atoms with E-state index in [0.717, 1.165) is 0 Å². The number of hydrogen-bond acceptors (Lipinski definition) is 6. The highest BCUT2D eigenvalue weighted by Gasteiger charge is 2.11. The molecule has 0 saturated carbocycles. The third-order valence-corrected chi connectivity index (χ3v) is 4.14. The van der Waals surface area contributed by atoms with Gasteiger partial charge < -0.3 is 19.6 Å². The summed E-state index contributed by atoms with van der Waals surface area (Å²) in [6.07, 6.45) is 1.54. The minimum atomic E-state index is -0.532. The van der Waals surface area contributed by atoms with Crippen molar-refractivity contribution in [3.05, 3.63) is 63.7 Å². The number of aromatic nitrogens is 2. The number of benzene rings is 2. The zero-order valence-electron chi connectivity index (χ0n) is 14.4. The molecule has 0 saturated heterocycles. The van der Waals surface area contributed by atoms with Gasteiger partial charge in [0.2, 0.25) is 0 Å². The number of ether oxygens (including phenoxy) is 2. The molecule has 138 valence electrons. The van der Waals surface area contributed by atoms with Crippen molar-refractivity contribution >= 4 is 39.6 Å².